The first kappa shape index (κ1) is 30.0. The van der Waals surface area contributed by atoms with E-state index in [0.29, 0.717) is 5.92 Å². The van der Waals surface area contributed by atoms with Gasteiger partial charge in [-0.25, -0.2) is 5.57 Å². The number of hydrogen-bond acceptors (Lipinski definition) is 0. The molecule has 1 aliphatic carbocycles. The summed E-state index contributed by atoms with van der Waals surface area (Å²) in [5, 5.41) is 2.60. The molecule has 0 N–H and O–H groups in total. The Balaban J connectivity index is 0.000000237. The van der Waals surface area contributed by atoms with Gasteiger partial charge in [0.2, 0.25) is 0 Å². The molecule has 1 unspecified atom stereocenters. The molecule has 0 spiro atoms. The third kappa shape index (κ3) is 7.62. The zero-order valence-corrected chi connectivity index (χ0v) is 28.0. The predicted octanol–water partition coefficient (Wildman–Crippen LogP) is 11.1. The maximum Gasteiger partial charge on any atom is -0.0180 e. The van der Waals surface area contributed by atoms with Crippen molar-refractivity contribution in [2.75, 3.05) is 0 Å². The molecule has 0 aromatic heterocycles. The Labute approximate surface area is 256 Å². The van der Waals surface area contributed by atoms with Gasteiger partial charge in [0.15, 0.2) is 0 Å². The minimum absolute atomic E-state index is 0.210. The first-order chi connectivity index (χ1) is 19.2. The van der Waals surface area contributed by atoms with Crippen molar-refractivity contribution < 1.29 is 23.3 Å². The molecule has 0 aliphatic heterocycles. The van der Waals surface area contributed by atoms with Gasteiger partial charge in [-0.1, -0.05) is 111 Å². The topological polar surface area (TPSA) is 0 Å². The molecule has 1 atom stereocenters. The second-order valence-corrected chi connectivity index (χ2v) is 20.0. The van der Waals surface area contributed by atoms with Crippen LogP contribution in [-0.4, -0.2) is 5.43 Å². The summed E-state index contributed by atoms with van der Waals surface area (Å²) < 4.78 is 0. The molecule has 0 amide bonds. The summed E-state index contributed by atoms with van der Waals surface area (Å²) in [5.41, 5.74) is 12.0. The summed E-state index contributed by atoms with van der Waals surface area (Å²) in [7, 11) is 0. The van der Waals surface area contributed by atoms with Crippen LogP contribution < -0.4 is 0 Å². The van der Waals surface area contributed by atoms with Crippen molar-refractivity contribution in [1.29, 1.82) is 0 Å². The first-order valence-electron chi connectivity index (χ1n) is 13.9. The van der Waals surface area contributed by atoms with E-state index >= 15 is 0 Å². The molecule has 0 radical (unpaired) electrons. The summed E-state index contributed by atoms with van der Waals surface area (Å²) in [6.07, 6.45) is 3.36. The normalized spacial score (nSPS) is 14.2. The maximum absolute atomic E-state index is 3.36. The fourth-order valence-electron chi connectivity index (χ4n) is 4.94. The molecule has 5 aromatic carbocycles. The second-order valence-electron chi connectivity index (χ2n) is 10.7. The van der Waals surface area contributed by atoms with Gasteiger partial charge in [-0.15, -0.1) is 53.6 Å². The fourth-order valence-corrected chi connectivity index (χ4v) is 4.94. The molecule has 0 bridgehead atoms. The largest absolute Gasteiger partial charge is 0.150 e. The van der Waals surface area contributed by atoms with Crippen LogP contribution >= 0.6 is 0 Å². The Morgan fingerprint density at radius 3 is 1.60 bits per heavy atom. The van der Waals surface area contributed by atoms with Crippen LogP contribution in [0.25, 0.3) is 44.2 Å². The van der Waals surface area contributed by atoms with Crippen molar-refractivity contribution in [3.05, 3.63) is 138 Å². The first-order valence-corrected chi connectivity index (χ1v) is 20.1. The van der Waals surface area contributed by atoms with Crippen LogP contribution in [0.5, 0.6) is 0 Å². The number of hydrogen-bond donors (Lipinski definition) is 0. The second kappa shape index (κ2) is 14.1. The Morgan fingerprint density at radius 2 is 1.15 bits per heavy atom. The van der Waals surface area contributed by atoms with E-state index in [2.05, 4.69) is 162 Å². The van der Waals surface area contributed by atoms with E-state index in [4.69, 9.17) is 0 Å². The molecule has 40 heavy (non-hydrogen) atoms. The van der Waals surface area contributed by atoms with E-state index in [1.165, 1.54) is 60.9 Å². The van der Waals surface area contributed by atoms with Gasteiger partial charge in [-0.2, -0.15) is 11.1 Å². The molecule has 0 saturated carbocycles. The quantitative estimate of drug-likeness (QED) is 0.140. The van der Waals surface area contributed by atoms with Crippen LogP contribution in [0.15, 0.2) is 132 Å². The zero-order valence-electron chi connectivity index (χ0n) is 24.5. The molecule has 0 saturated heterocycles. The number of benzene rings is 4. The Morgan fingerprint density at radius 1 is 0.675 bits per heavy atom. The monoisotopic (exact) mass is 612 g/mol. The summed E-state index contributed by atoms with van der Waals surface area (Å²) in [6.45, 7) is 13.3. The van der Waals surface area contributed by atoms with E-state index in [-0.39, 0.29) is 5.43 Å². The molecule has 0 heterocycles. The van der Waals surface area contributed by atoms with E-state index < -0.39 is 0 Å². The summed E-state index contributed by atoms with van der Waals surface area (Å²) in [4.78, 5) is 0. The third-order valence-corrected chi connectivity index (χ3v) is 7.38. The van der Waals surface area contributed by atoms with Crippen molar-refractivity contribution in [3.63, 3.8) is 0 Å². The summed E-state index contributed by atoms with van der Waals surface area (Å²) in [5.74, 6) is 0.560. The van der Waals surface area contributed by atoms with E-state index in [1.54, 1.807) is 23.3 Å². The summed E-state index contributed by atoms with van der Waals surface area (Å²) >= 11 is 1.74. The van der Waals surface area contributed by atoms with Gasteiger partial charge in [0.05, 0.1) is 0 Å². The van der Waals surface area contributed by atoms with Gasteiger partial charge in [0, 0.05) is 0 Å². The van der Waals surface area contributed by atoms with Crippen molar-refractivity contribution >= 4 is 16.2 Å². The molecule has 5 aromatic rings. The third-order valence-electron chi connectivity index (χ3n) is 7.38. The van der Waals surface area contributed by atoms with E-state index in [0.717, 1.165) is 0 Å². The van der Waals surface area contributed by atoms with E-state index in [1.807, 2.05) is 0 Å². The summed E-state index contributed by atoms with van der Waals surface area (Å²) in [6, 6.07) is 41.2. The fraction of sp³-hybridized carbons (Fsp3) is 0.184. The van der Waals surface area contributed by atoms with Gasteiger partial charge in [0.1, 0.15) is 0 Å². The molecular formula is C38H38SiZr. The molecule has 0 fully saturated rings. The molecule has 0 nitrogen and oxygen atoms in total. The van der Waals surface area contributed by atoms with Crippen LogP contribution in [0.1, 0.15) is 27.7 Å². The van der Waals surface area contributed by atoms with Crippen molar-refractivity contribution in [3.8, 4) is 33.4 Å². The number of allylic oxidation sites excluding steroid dienone is 4. The minimum atomic E-state index is 0.210. The smallest absolute Gasteiger partial charge is 0.0180 e. The van der Waals surface area contributed by atoms with Gasteiger partial charge in [-0.05, 0) is 28.3 Å². The minimum Gasteiger partial charge on any atom is -0.150 e. The molecular weight excluding hydrogens is 576 g/mol. The predicted molar refractivity (Wildman–Crippen MR) is 173 cm³/mol. The van der Waals surface area contributed by atoms with Gasteiger partial charge < -0.3 is 0 Å². The molecule has 2 heteroatoms. The standard InChI is InChI=1S/C27H19.C9H13.C2H6Si.Zr/c1-3-9-20(10-4-1)23-17-24(21-11-5-2-6-12-21)19-25(18-23)27-16-15-22-13-7-8-14-26(22)27;1-6-5-7(2)9(4)8(6)3;1-3-2;/h1-19H;6H,1-4H3;1-2H3;/q2*-1;;+2. The van der Waals surface area contributed by atoms with Gasteiger partial charge in [-0.3, -0.25) is 6.08 Å². The average molecular weight is 614 g/mol. The van der Waals surface area contributed by atoms with E-state index in [9.17, 15) is 0 Å². The van der Waals surface area contributed by atoms with Crippen LogP contribution in [0.3, 0.4) is 0 Å². The Hall–Kier alpha value is -2.93. The van der Waals surface area contributed by atoms with Crippen LogP contribution in [0.2, 0.25) is 13.1 Å². The van der Waals surface area contributed by atoms with Gasteiger partial charge in [0.25, 0.3) is 0 Å². The number of rotatable bonds is 3. The van der Waals surface area contributed by atoms with Crippen molar-refractivity contribution in [2.24, 2.45) is 5.92 Å². The van der Waals surface area contributed by atoms with Crippen LogP contribution in [0, 0.1) is 12.0 Å². The Bertz CT molecular complexity index is 1590. The SMILES string of the molecule is CC1=[C-]C(C)C(C)=C1C.C[Si](C)=[Zr+2].c1ccc(-c2cc(-c3ccccc3)cc(-c3c[cH-]c4ccccc34)c2)cc1. The molecule has 6 rings (SSSR count). The zero-order chi connectivity index (χ0) is 28.6. The number of fused-ring (bicyclic) bond motifs is 1. The van der Waals surface area contributed by atoms with Gasteiger partial charge >= 0.3 is 41.9 Å². The van der Waals surface area contributed by atoms with Crippen LogP contribution in [-0.2, 0) is 23.3 Å². The van der Waals surface area contributed by atoms with Crippen molar-refractivity contribution in [1.82, 2.24) is 0 Å². The molecule has 1 aliphatic rings. The average Bonchev–Trinajstić information content (AvgIpc) is 3.50. The molecule has 198 valence electrons. The van der Waals surface area contributed by atoms with Crippen molar-refractivity contribution in [2.45, 2.75) is 40.8 Å². The Kier molecular flexibility index (Phi) is 10.6. The maximum atomic E-state index is 3.36. The van der Waals surface area contributed by atoms with Crippen LogP contribution in [0.4, 0.5) is 0 Å².